The minimum Gasteiger partial charge on any atom is -0.469 e. The maximum atomic E-state index is 12.1. The number of carbonyl (C=O) groups is 1. The molecule has 2 atom stereocenters. The SMILES string of the molecule is CC1CN(C(=O)CCc2ccco2)C(C)CN1. The van der Waals surface area contributed by atoms with Crippen LogP contribution in [0.3, 0.4) is 0 Å². The summed E-state index contributed by atoms with van der Waals surface area (Å²) in [4.78, 5) is 14.1. The fourth-order valence-corrected chi connectivity index (χ4v) is 2.20. The summed E-state index contributed by atoms with van der Waals surface area (Å²) < 4.78 is 5.24. The molecule has 2 rings (SSSR count). The summed E-state index contributed by atoms with van der Waals surface area (Å²) >= 11 is 0. The summed E-state index contributed by atoms with van der Waals surface area (Å²) in [7, 11) is 0. The Morgan fingerprint density at radius 1 is 1.59 bits per heavy atom. The van der Waals surface area contributed by atoms with Gasteiger partial charge in [0.15, 0.2) is 0 Å². The van der Waals surface area contributed by atoms with E-state index in [0.29, 0.717) is 18.9 Å². The van der Waals surface area contributed by atoms with Gasteiger partial charge in [0, 0.05) is 38.0 Å². The summed E-state index contributed by atoms with van der Waals surface area (Å²) in [5.74, 6) is 1.11. The van der Waals surface area contributed by atoms with Crippen LogP contribution in [0.5, 0.6) is 0 Å². The van der Waals surface area contributed by atoms with E-state index in [1.165, 1.54) is 0 Å². The van der Waals surface area contributed by atoms with Crippen LogP contribution in [-0.4, -0.2) is 36.0 Å². The van der Waals surface area contributed by atoms with Crippen molar-refractivity contribution in [2.24, 2.45) is 0 Å². The Kier molecular flexibility index (Phi) is 3.84. The van der Waals surface area contributed by atoms with E-state index in [2.05, 4.69) is 19.2 Å². The van der Waals surface area contributed by atoms with Crippen molar-refractivity contribution in [1.82, 2.24) is 10.2 Å². The van der Waals surface area contributed by atoms with Crippen LogP contribution >= 0.6 is 0 Å². The van der Waals surface area contributed by atoms with Gasteiger partial charge in [0.25, 0.3) is 0 Å². The molecule has 4 nitrogen and oxygen atoms in total. The van der Waals surface area contributed by atoms with Gasteiger partial charge in [-0.2, -0.15) is 0 Å². The first-order chi connectivity index (χ1) is 8.16. The van der Waals surface area contributed by atoms with Gasteiger partial charge in [0.1, 0.15) is 5.76 Å². The summed E-state index contributed by atoms with van der Waals surface area (Å²) in [6.07, 6.45) is 2.87. The molecule has 1 aromatic heterocycles. The summed E-state index contributed by atoms with van der Waals surface area (Å²) in [6, 6.07) is 4.45. The normalized spacial score (nSPS) is 24.9. The lowest BCUT2D eigenvalue weighted by Crippen LogP contribution is -2.56. The number of aryl methyl sites for hydroxylation is 1. The lowest BCUT2D eigenvalue weighted by atomic mass is 10.1. The lowest BCUT2D eigenvalue weighted by Gasteiger charge is -2.37. The fourth-order valence-electron chi connectivity index (χ4n) is 2.20. The molecule has 2 unspecified atom stereocenters. The molecule has 1 amide bonds. The van der Waals surface area contributed by atoms with E-state index >= 15 is 0 Å². The van der Waals surface area contributed by atoms with Gasteiger partial charge < -0.3 is 14.6 Å². The van der Waals surface area contributed by atoms with E-state index < -0.39 is 0 Å². The van der Waals surface area contributed by atoms with Crippen LogP contribution in [0.4, 0.5) is 0 Å². The largest absolute Gasteiger partial charge is 0.469 e. The average Bonchev–Trinajstić information content (AvgIpc) is 2.82. The lowest BCUT2D eigenvalue weighted by molar-refractivity contribution is -0.134. The Bertz CT molecular complexity index is 362. The van der Waals surface area contributed by atoms with Gasteiger partial charge in [-0.15, -0.1) is 0 Å². The van der Waals surface area contributed by atoms with E-state index in [4.69, 9.17) is 4.42 Å². The van der Waals surface area contributed by atoms with Gasteiger partial charge in [-0.05, 0) is 26.0 Å². The molecule has 1 N–H and O–H groups in total. The first-order valence-electron chi connectivity index (χ1n) is 6.22. The maximum absolute atomic E-state index is 12.1. The van der Waals surface area contributed by atoms with Gasteiger partial charge in [0.2, 0.25) is 5.91 Å². The standard InChI is InChI=1S/C13H20N2O2/c1-10-9-15(11(2)8-14-10)13(16)6-5-12-4-3-7-17-12/h3-4,7,10-11,14H,5-6,8-9H2,1-2H3. The van der Waals surface area contributed by atoms with Crippen molar-refractivity contribution in [2.45, 2.75) is 38.8 Å². The third-order valence-corrected chi connectivity index (χ3v) is 3.25. The van der Waals surface area contributed by atoms with Crippen molar-refractivity contribution in [2.75, 3.05) is 13.1 Å². The van der Waals surface area contributed by atoms with Crippen LogP contribution in [0.15, 0.2) is 22.8 Å². The topological polar surface area (TPSA) is 45.5 Å². The molecule has 0 saturated carbocycles. The highest BCUT2D eigenvalue weighted by molar-refractivity contribution is 5.76. The van der Waals surface area contributed by atoms with Crippen molar-refractivity contribution in [3.63, 3.8) is 0 Å². The molecule has 17 heavy (non-hydrogen) atoms. The van der Waals surface area contributed by atoms with Crippen LogP contribution in [0, 0.1) is 0 Å². The van der Waals surface area contributed by atoms with Crippen molar-refractivity contribution in [3.8, 4) is 0 Å². The maximum Gasteiger partial charge on any atom is 0.223 e. The fraction of sp³-hybridized carbons (Fsp3) is 0.615. The second-order valence-electron chi connectivity index (χ2n) is 4.78. The minimum absolute atomic E-state index is 0.224. The van der Waals surface area contributed by atoms with Crippen molar-refractivity contribution < 1.29 is 9.21 Å². The van der Waals surface area contributed by atoms with Gasteiger partial charge in [-0.25, -0.2) is 0 Å². The van der Waals surface area contributed by atoms with E-state index in [0.717, 1.165) is 18.8 Å². The molecule has 2 heterocycles. The molecule has 0 aromatic carbocycles. The molecule has 1 saturated heterocycles. The number of hydrogen-bond acceptors (Lipinski definition) is 3. The molecule has 0 bridgehead atoms. The number of piperazine rings is 1. The van der Waals surface area contributed by atoms with Crippen molar-refractivity contribution in [1.29, 1.82) is 0 Å². The Morgan fingerprint density at radius 3 is 3.12 bits per heavy atom. The Balaban J connectivity index is 1.86. The number of nitrogens with one attached hydrogen (secondary N) is 1. The van der Waals surface area contributed by atoms with Crippen molar-refractivity contribution in [3.05, 3.63) is 24.2 Å². The second kappa shape index (κ2) is 5.36. The quantitative estimate of drug-likeness (QED) is 0.863. The first kappa shape index (κ1) is 12.2. The number of amides is 1. The molecule has 1 fully saturated rings. The summed E-state index contributed by atoms with van der Waals surface area (Å²) in [5.41, 5.74) is 0. The summed E-state index contributed by atoms with van der Waals surface area (Å²) in [5, 5.41) is 3.37. The number of rotatable bonds is 3. The van der Waals surface area contributed by atoms with E-state index in [9.17, 15) is 4.79 Å². The van der Waals surface area contributed by atoms with Crippen LogP contribution < -0.4 is 5.32 Å². The third-order valence-electron chi connectivity index (χ3n) is 3.25. The highest BCUT2D eigenvalue weighted by Gasteiger charge is 2.26. The van der Waals surface area contributed by atoms with Crippen LogP contribution in [0.25, 0.3) is 0 Å². The number of hydrogen-bond donors (Lipinski definition) is 1. The smallest absolute Gasteiger partial charge is 0.223 e. The third kappa shape index (κ3) is 3.09. The van der Waals surface area contributed by atoms with Gasteiger partial charge in [0.05, 0.1) is 6.26 Å². The molecule has 1 aliphatic heterocycles. The van der Waals surface area contributed by atoms with Crippen LogP contribution in [0.1, 0.15) is 26.0 Å². The predicted molar refractivity (Wildman–Crippen MR) is 65.7 cm³/mol. The zero-order chi connectivity index (χ0) is 12.3. The molecule has 94 valence electrons. The Labute approximate surface area is 102 Å². The van der Waals surface area contributed by atoms with E-state index in [1.807, 2.05) is 17.0 Å². The number of carbonyl (C=O) groups excluding carboxylic acids is 1. The molecule has 0 aliphatic carbocycles. The zero-order valence-corrected chi connectivity index (χ0v) is 10.5. The molecular weight excluding hydrogens is 216 g/mol. The molecule has 1 aliphatic rings. The van der Waals surface area contributed by atoms with Gasteiger partial charge in [-0.1, -0.05) is 0 Å². The summed E-state index contributed by atoms with van der Waals surface area (Å²) in [6.45, 7) is 5.88. The molecule has 4 heteroatoms. The number of nitrogens with zero attached hydrogens (tertiary/aromatic N) is 1. The van der Waals surface area contributed by atoms with Gasteiger partial charge >= 0.3 is 0 Å². The zero-order valence-electron chi connectivity index (χ0n) is 10.5. The molecule has 0 spiro atoms. The van der Waals surface area contributed by atoms with Gasteiger partial charge in [-0.3, -0.25) is 4.79 Å². The Morgan fingerprint density at radius 2 is 2.41 bits per heavy atom. The molecule has 0 radical (unpaired) electrons. The van der Waals surface area contributed by atoms with Crippen molar-refractivity contribution >= 4 is 5.91 Å². The minimum atomic E-state index is 0.224. The highest BCUT2D eigenvalue weighted by atomic mass is 16.3. The first-order valence-corrected chi connectivity index (χ1v) is 6.22. The second-order valence-corrected chi connectivity index (χ2v) is 4.78. The van der Waals surface area contributed by atoms with E-state index in [1.54, 1.807) is 6.26 Å². The number of furan rings is 1. The van der Waals surface area contributed by atoms with Crippen LogP contribution in [0.2, 0.25) is 0 Å². The van der Waals surface area contributed by atoms with E-state index in [-0.39, 0.29) is 11.9 Å². The molecular formula is C13H20N2O2. The Hall–Kier alpha value is -1.29. The average molecular weight is 236 g/mol. The predicted octanol–water partition coefficient (Wildman–Crippen LogP) is 1.42. The monoisotopic (exact) mass is 236 g/mol. The molecule has 1 aromatic rings. The van der Waals surface area contributed by atoms with Crippen LogP contribution in [-0.2, 0) is 11.2 Å². The highest BCUT2D eigenvalue weighted by Crippen LogP contribution is 2.11.